The van der Waals surface area contributed by atoms with Gasteiger partial charge in [0.15, 0.2) is 12.5 Å². The Labute approximate surface area is 193 Å². The largest absolute Gasteiger partial charge is 0.388 e. The summed E-state index contributed by atoms with van der Waals surface area (Å²) < 4.78 is 32.3. The van der Waals surface area contributed by atoms with Crippen molar-refractivity contribution in [3.8, 4) is 0 Å². The Hall–Kier alpha value is -2.90. The van der Waals surface area contributed by atoms with E-state index in [0.29, 0.717) is 6.29 Å². The second kappa shape index (κ2) is 13.6. The van der Waals surface area contributed by atoms with Crippen LogP contribution in [0.1, 0.15) is 16.7 Å². The Morgan fingerprint density at radius 1 is 0.727 bits per heavy atom. The van der Waals surface area contributed by atoms with Crippen LogP contribution in [0.2, 0.25) is 0 Å². The summed E-state index contributed by atoms with van der Waals surface area (Å²) in [5, 5.41) is 10.4. The molecule has 0 amide bonds. The molecule has 0 spiro atoms. The number of aliphatic hydroxyl groups excluding tert-OH is 1. The first kappa shape index (κ1) is 24.7. The molecule has 0 bridgehead atoms. The predicted molar refractivity (Wildman–Crippen MR) is 123 cm³/mol. The molecular weight excluding hydrogens is 423 g/mol. The van der Waals surface area contributed by atoms with E-state index in [9.17, 15) is 9.90 Å². The molecule has 0 fully saturated rings. The molecule has 3 rings (SSSR count). The fourth-order valence-corrected chi connectivity index (χ4v) is 3.30. The molecule has 0 radical (unpaired) electrons. The van der Waals surface area contributed by atoms with Gasteiger partial charge in [-0.25, -0.2) is 4.39 Å². The van der Waals surface area contributed by atoms with Crippen LogP contribution in [0.4, 0.5) is 4.39 Å². The Balaban J connectivity index is 1.63. The van der Waals surface area contributed by atoms with Gasteiger partial charge in [0, 0.05) is 0 Å². The topological polar surface area (TPSA) is 65.0 Å². The third-order valence-corrected chi connectivity index (χ3v) is 5.11. The zero-order chi connectivity index (χ0) is 23.3. The number of halogens is 1. The molecule has 0 unspecified atom stereocenters. The van der Waals surface area contributed by atoms with Gasteiger partial charge < -0.3 is 24.1 Å². The van der Waals surface area contributed by atoms with Crippen LogP contribution in [0.15, 0.2) is 91.0 Å². The van der Waals surface area contributed by atoms with Crippen LogP contribution in [0.5, 0.6) is 0 Å². The minimum absolute atomic E-state index is 0.0720. The van der Waals surface area contributed by atoms with Crippen LogP contribution in [0.3, 0.4) is 0 Å². The van der Waals surface area contributed by atoms with Crippen molar-refractivity contribution in [3.63, 3.8) is 0 Å². The summed E-state index contributed by atoms with van der Waals surface area (Å²) in [7, 11) is 0. The quantitative estimate of drug-likeness (QED) is 0.370. The van der Waals surface area contributed by atoms with Crippen molar-refractivity contribution in [3.05, 3.63) is 108 Å². The molecule has 0 aliphatic rings. The van der Waals surface area contributed by atoms with E-state index in [2.05, 4.69) is 0 Å². The lowest BCUT2D eigenvalue weighted by atomic mass is 10.0. The number of aldehydes is 1. The molecule has 0 aromatic heterocycles. The van der Waals surface area contributed by atoms with E-state index in [1.54, 1.807) is 0 Å². The van der Waals surface area contributed by atoms with Crippen LogP contribution in [-0.4, -0.2) is 42.5 Å². The Morgan fingerprint density at radius 3 is 1.67 bits per heavy atom. The third-order valence-electron chi connectivity index (χ3n) is 5.11. The maximum absolute atomic E-state index is 15.4. The van der Waals surface area contributed by atoms with E-state index in [1.165, 1.54) is 0 Å². The van der Waals surface area contributed by atoms with Gasteiger partial charge in [-0.05, 0) is 16.7 Å². The molecular formula is C27H29FO5. The van der Waals surface area contributed by atoms with Crippen molar-refractivity contribution >= 4 is 6.29 Å². The number of benzene rings is 3. The second-order valence-electron chi connectivity index (χ2n) is 7.67. The number of hydrogen-bond donors (Lipinski definition) is 1. The highest BCUT2D eigenvalue weighted by molar-refractivity contribution is 5.57. The van der Waals surface area contributed by atoms with E-state index in [4.69, 9.17) is 14.2 Å². The second-order valence-corrected chi connectivity index (χ2v) is 7.67. The van der Waals surface area contributed by atoms with Crippen molar-refractivity contribution in [1.29, 1.82) is 0 Å². The van der Waals surface area contributed by atoms with Crippen molar-refractivity contribution in [2.75, 3.05) is 6.61 Å². The molecule has 6 heteroatoms. The highest BCUT2D eigenvalue weighted by Gasteiger charge is 2.36. The zero-order valence-electron chi connectivity index (χ0n) is 18.3. The molecule has 3 aromatic carbocycles. The van der Waals surface area contributed by atoms with Gasteiger partial charge in [-0.15, -0.1) is 0 Å². The van der Waals surface area contributed by atoms with Crippen LogP contribution in [-0.2, 0) is 38.8 Å². The molecule has 0 saturated carbocycles. The van der Waals surface area contributed by atoms with Crippen molar-refractivity contribution in [2.45, 2.75) is 44.3 Å². The van der Waals surface area contributed by atoms with Gasteiger partial charge in [0.2, 0.25) is 0 Å². The number of hydrogen-bond acceptors (Lipinski definition) is 5. The fourth-order valence-electron chi connectivity index (χ4n) is 3.30. The van der Waals surface area contributed by atoms with Gasteiger partial charge in [-0.3, -0.25) is 0 Å². The Bertz CT molecular complexity index is 923. The third kappa shape index (κ3) is 8.18. The summed E-state index contributed by atoms with van der Waals surface area (Å²) >= 11 is 0. The minimum atomic E-state index is -1.89. The van der Waals surface area contributed by atoms with Gasteiger partial charge in [-0.2, -0.15) is 0 Å². The van der Waals surface area contributed by atoms with Crippen LogP contribution >= 0.6 is 0 Å². The van der Waals surface area contributed by atoms with Gasteiger partial charge in [-0.1, -0.05) is 91.0 Å². The van der Waals surface area contributed by atoms with Crippen LogP contribution in [0.25, 0.3) is 0 Å². The number of alkyl halides is 1. The van der Waals surface area contributed by atoms with Crippen LogP contribution < -0.4 is 0 Å². The average molecular weight is 453 g/mol. The molecule has 0 aliphatic carbocycles. The molecule has 4 atom stereocenters. The number of ether oxygens (including phenoxy) is 3. The summed E-state index contributed by atoms with van der Waals surface area (Å²) in [6, 6.07) is 27.9. The Kier molecular flexibility index (Phi) is 10.2. The van der Waals surface area contributed by atoms with E-state index < -0.39 is 24.5 Å². The SMILES string of the molecule is O=C[C@H](OCc1ccccc1)[C@@H](OCc1ccccc1)[C@@H](F)[C@H](O)COCc1ccccc1. The monoisotopic (exact) mass is 452 g/mol. The molecule has 174 valence electrons. The number of carbonyl (C=O) groups is 1. The fraction of sp³-hybridized carbons (Fsp3) is 0.296. The maximum atomic E-state index is 15.4. The first-order chi connectivity index (χ1) is 16.2. The summed E-state index contributed by atoms with van der Waals surface area (Å²) in [6.07, 6.45) is -5.37. The van der Waals surface area contributed by atoms with E-state index in [1.807, 2.05) is 91.0 Å². The van der Waals surface area contributed by atoms with Gasteiger partial charge in [0.25, 0.3) is 0 Å². The minimum Gasteiger partial charge on any atom is -0.388 e. The smallest absolute Gasteiger partial charge is 0.157 e. The molecule has 0 aliphatic heterocycles. The van der Waals surface area contributed by atoms with Gasteiger partial charge >= 0.3 is 0 Å². The van der Waals surface area contributed by atoms with Crippen molar-refractivity contribution in [2.24, 2.45) is 0 Å². The van der Waals surface area contributed by atoms with Crippen molar-refractivity contribution < 1.29 is 28.5 Å². The molecule has 33 heavy (non-hydrogen) atoms. The molecule has 0 saturated heterocycles. The molecule has 1 N–H and O–H groups in total. The van der Waals surface area contributed by atoms with Crippen molar-refractivity contribution in [1.82, 2.24) is 0 Å². The summed E-state index contributed by atoms with van der Waals surface area (Å²) in [5.41, 5.74) is 2.57. The van der Waals surface area contributed by atoms with E-state index in [-0.39, 0.29) is 26.4 Å². The normalized spacial score (nSPS) is 14.8. The Morgan fingerprint density at radius 2 is 1.18 bits per heavy atom. The molecule has 5 nitrogen and oxygen atoms in total. The van der Waals surface area contributed by atoms with Gasteiger partial charge in [0.05, 0.1) is 26.4 Å². The van der Waals surface area contributed by atoms with Crippen LogP contribution in [0, 0.1) is 0 Å². The van der Waals surface area contributed by atoms with E-state index >= 15 is 4.39 Å². The maximum Gasteiger partial charge on any atom is 0.157 e. The average Bonchev–Trinajstić information content (AvgIpc) is 2.87. The van der Waals surface area contributed by atoms with E-state index in [0.717, 1.165) is 16.7 Å². The summed E-state index contributed by atoms with van der Waals surface area (Å²) in [5.74, 6) is 0. The first-order valence-electron chi connectivity index (χ1n) is 10.9. The number of aliphatic hydroxyl groups is 1. The lowest BCUT2D eigenvalue weighted by Crippen LogP contribution is -2.47. The highest BCUT2D eigenvalue weighted by atomic mass is 19.1. The highest BCUT2D eigenvalue weighted by Crippen LogP contribution is 2.19. The first-order valence-corrected chi connectivity index (χ1v) is 10.9. The molecule has 3 aromatic rings. The lowest BCUT2D eigenvalue weighted by molar-refractivity contribution is -0.153. The summed E-state index contributed by atoms with van der Waals surface area (Å²) in [4.78, 5) is 11.8. The predicted octanol–water partition coefficient (Wildman–Crippen LogP) is 4.27. The number of carbonyl (C=O) groups excluding carboxylic acids is 1. The standard InChI is InChI=1S/C27H29FO5/c28-26(24(30)20-31-17-21-10-4-1-5-11-21)27(33-19-23-14-8-3-9-15-23)25(16-29)32-18-22-12-6-2-7-13-22/h1-16,24-27,30H,17-20H2/t24-,25+,26+,27-/m1/s1. The number of rotatable bonds is 14. The lowest BCUT2D eigenvalue weighted by Gasteiger charge is -2.29. The molecule has 0 heterocycles. The van der Waals surface area contributed by atoms with Gasteiger partial charge in [0.1, 0.15) is 18.3 Å². The summed E-state index contributed by atoms with van der Waals surface area (Å²) in [6.45, 7) is 0.179. The zero-order valence-corrected chi connectivity index (χ0v) is 18.3.